The van der Waals surface area contributed by atoms with E-state index in [0.717, 1.165) is 5.69 Å². The number of guanidine groups is 1. The van der Waals surface area contributed by atoms with Gasteiger partial charge in [0.15, 0.2) is 12.6 Å². The van der Waals surface area contributed by atoms with E-state index in [1.54, 1.807) is 25.3 Å². The van der Waals surface area contributed by atoms with Crippen molar-refractivity contribution in [1.82, 2.24) is 4.98 Å². The number of halogens is 3. The van der Waals surface area contributed by atoms with Crippen LogP contribution in [-0.4, -0.2) is 31.1 Å². The van der Waals surface area contributed by atoms with Crippen LogP contribution in [0.3, 0.4) is 0 Å². The van der Waals surface area contributed by atoms with E-state index in [2.05, 4.69) is 15.3 Å². The summed E-state index contributed by atoms with van der Waals surface area (Å²) in [5.41, 5.74) is 7.11. The molecular weight excluding hydrogens is 445 g/mol. The molecule has 0 aliphatic heterocycles. The Bertz CT molecular complexity index is 701. The zero-order valence-corrected chi connectivity index (χ0v) is 15.8. The maximum atomic E-state index is 12.1. The zero-order chi connectivity index (χ0) is 17.4. The molecule has 25 heavy (non-hydrogen) atoms. The summed E-state index contributed by atoms with van der Waals surface area (Å²) >= 11 is 0. The molecule has 0 saturated carbocycles. The van der Waals surface area contributed by atoms with Crippen LogP contribution < -0.4 is 20.5 Å². The standard InChI is InChI=1S/C16H18F2N4O2.HI/c1-23-13-6-2-4-11(8-13)22-16(19)20-9-12-5-3-7-15(21-12)24-10-14(17)18;/h2-8,14H,9-10H2,1H3,(H3,19,20,22);1H. The molecule has 2 rings (SSSR count). The van der Waals surface area contributed by atoms with Crippen LogP contribution in [0.2, 0.25) is 0 Å². The van der Waals surface area contributed by atoms with Gasteiger partial charge in [0.05, 0.1) is 19.3 Å². The Kier molecular flexibility index (Phi) is 8.89. The lowest BCUT2D eigenvalue weighted by atomic mass is 10.3. The second kappa shape index (κ2) is 10.6. The fourth-order valence-corrected chi connectivity index (χ4v) is 1.83. The number of methoxy groups -OCH3 is 1. The molecule has 6 nitrogen and oxygen atoms in total. The van der Waals surface area contributed by atoms with Gasteiger partial charge in [0.1, 0.15) is 5.75 Å². The average molecular weight is 464 g/mol. The third-order valence-electron chi connectivity index (χ3n) is 2.89. The maximum Gasteiger partial charge on any atom is 0.272 e. The summed E-state index contributed by atoms with van der Waals surface area (Å²) in [5.74, 6) is 1.02. The second-order valence-electron chi connectivity index (χ2n) is 4.73. The molecule has 1 heterocycles. The van der Waals surface area contributed by atoms with Gasteiger partial charge in [-0.25, -0.2) is 18.8 Å². The summed E-state index contributed by atoms with van der Waals surface area (Å²) in [5, 5.41) is 2.93. The fourth-order valence-electron chi connectivity index (χ4n) is 1.83. The highest BCUT2D eigenvalue weighted by Crippen LogP contribution is 2.16. The molecule has 3 N–H and O–H groups in total. The van der Waals surface area contributed by atoms with Crippen molar-refractivity contribution in [2.45, 2.75) is 13.0 Å². The van der Waals surface area contributed by atoms with Crippen LogP contribution in [0, 0.1) is 0 Å². The van der Waals surface area contributed by atoms with Crippen molar-refractivity contribution in [1.29, 1.82) is 0 Å². The van der Waals surface area contributed by atoms with Gasteiger partial charge in [0.25, 0.3) is 6.43 Å². The Balaban J connectivity index is 0.00000312. The number of nitrogens with zero attached hydrogens (tertiary/aromatic N) is 2. The number of nitrogens with two attached hydrogens (primary N) is 1. The first-order chi connectivity index (χ1) is 11.6. The summed E-state index contributed by atoms with van der Waals surface area (Å²) in [6.45, 7) is -0.506. The van der Waals surface area contributed by atoms with Crippen molar-refractivity contribution in [3.63, 3.8) is 0 Å². The maximum absolute atomic E-state index is 12.1. The van der Waals surface area contributed by atoms with Crippen LogP contribution >= 0.6 is 24.0 Å². The number of benzene rings is 1. The van der Waals surface area contributed by atoms with E-state index in [-0.39, 0.29) is 42.4 Å². The van der Waals surface area contributed by atoms with Crippen molar-refractivity contribution < 1.29 is 18.3 Å². The minimum absolute atomic E-state index is 0. The van der Waals surface area contributed by atoms with Gasteiger partial charge in [0, 0.05) is 17.8 Å². The first kappa shape index (κ1) is 20.9. The van der Waals surface area contributed by atoms with Gasteiger partial charge >= 0.3 is 0 Å². The van der Waals surface area contributed by atoms with E-state index in [1.165, 1.54) is 6.07 Å². The van der Waals surface area contributed by atoms with Crippen LogP contribution in [0.1, 0.15) is 5.69 Å². The molecule has 0 aliphatic rings. The minimum atomic E-state index is -2.55. The highest BCUT2D eigenvalue weighted by molar-refractivity contribution is 14.0. The molecular formula is C16H19F2IN4O2. The molecule has 0 unspecified atom stereocenters. The number of alkyl halides is 2. The monoisotopic (exact) mass is 464 g/mol. The second-order valence-corrected chi connectivity index (χ2v) is 4.73. The third kappa shape index (κ3) is 7.50. The summed E-state index contributed by atoms with van der Waals surface area (Å²) in [6, 6.07) is 12.1. The number of anilines is 1. The molecule has 9 heteroatoms. The lowest BCUT2D eigenvalue weighted by molar-refractivity contribution is 0.0795. The summed E-state index contributed by atoms with van der Waals surface area (Å²) in [7, 11) is 1.57. The van der Waals surface area contributed by atoms with E-state index < -0.39 is 13.0 Å². The Morgan fingerprint density at radius 3 is 2.76 bits per heavy atom. The molecule has 1 aromatic heterocycles. The lowest BCUT2D eigenvalue weighted by Gasteiger charge is -2.08. The zero-order valence-electron chi connectivity index (χ0n) is 13.5. The molecule has 0 amide bonds. The number of ether oxygens (including phenoxy) is 2. The molecule has 2 aromatic rings. The van der Waals surface area contributed by atoms with Gasteiger partial charge in [0.2, 0.25) is 5.88 Å². The molecule has 0 bridgehead atoms. The summed E-state index contributed by atoms with van der Waals surface area (Å²) in [4.78, 5) is 8.24. The quantitative estimate of drug-likeness (QED) is 0.374. The number of rotatable bonds is 7. The SMILES string of the molecule is COc1cccc(NC(N)=NCc2cccc(OCC(F)F)n2)c1.I. The van der Waals surface area contributed by atoms with Crippen molar-refractivity contribution in [3.8, 4) is 11.6 Å². The van der Waals surface area contributed by atoms with Crippen LogP contribution in [0.5, 0.6) is 11.6 Å². The number of pyridine rings is 1. The third-order valence-corrected chi connectivity index (χ3v) is 2.89. The minimum Gasteiger partial charge on any atom is -0.497 e. The Labute approximate surface area is 161 Å². The molecule has 136 valence electrons. The van der Waals surface area contributed by atoms with Gasteiger partial charge in [-0.1, -0.05) is 12.1 Å². The normalized spacial score (nSPS) is 11.0. The van der Waals surface area contributed by atoms with Gasteiger partial charge < -0.3 is 20.5 Å². The smallest absolute Gasteiger partial charge is 0.272 e. The average Bonchev–Trinajstić information content (AvgIpc) is 2.59. The number of aromatic nitrogens is 1. The molecule has 0 atom stereocenters. The Hall–Kier alpha value is -2.17. The first-order valence-electron chi connectivity index (χ1n) is 7.14. The summed E-state index contributed by atoms with van der Waals surface area (Å²) < 4.78 is 34.2. The van der Waals surface area contributed by atoms with E-state index in [0.29, 0.717) is 11.4 Å². The van der Waals surface area contributed by atoms with Crippen molar-refractivity contribution in [2.75, 3.05) is 19.0 Å². The van der Waals surface area contributed by atoms with Crippen LogP contribution in [0.15, 0.2) is 47.5 Å². The predicted molar refractivity (Wildman–Crippen MR) is 103 cm³/mol. The number of nitrogens with one attached hydrogen (secondary N) is 1. The van der Waals surface area contributed by atoms with E-state index in [4.69, 9.17) is 15.2 Å². The molecule has 0 fully saturated rings. The van der Waals surface area contributed by atoms with Crippen LogP contribution in [0.4, 0.5) is 14.5 Å². The number of hydrogen-bond donors (Lipinski definition) is 2. The first-order valence-corrected chi connectivity index (χ1v) is 7.14. The van der Waals surface area contributed by atoms with Crippen molar-refractivity contribution in [3.05, 3.63) is 48.2 Å². The van der Waals surface area contributed by atoms with Gasteiger partial charge in [-0.3, -0.25) is 0 Å². The van der Waals surface area contributed by atoms with Gasteiger partial charge in [-0.05, 0) is 18.2 Å². The molecule has 0 radical (unpaired) electrons. The van der Waals surface area contributed by atoms with E-state index in [9.17, 15) is 8.78 Å². The fraction of sp³-hybridized carbons (Fsp3) is 0.250. The van der Waals surface area contributed by atoms with Crippen LogP contribution in [-0.2, 0) is 6.54 Å². The molecule has 0 spiro atoms. The Morgan fingerprint density at radius 2 is 2.04 bits per heavy atom. The van der Waals surface area contributed by atoms with Gasteiger partial charge in [-0.2, -0.15) is 0 Å². The Morgan fingerprint density at radius 1 is 1.28 bits per heavy atom. The van der Waals surface area contributed by atoms with Gasteiger partial charge in [-0.15, -0.1) is 24.0 Å². The molecule has 0 saturated heterocycles. The lowest BCUT2D eigenvalue weighted by Crippen LogP contribution is -2.22. The molecule has 1 aromatic carbocycles. The topological polar surface area (TPSA) is 81.8 Å². The number of hydrogen-bond acceptors (Lipinski definition) is 4. The van der Waals surface area contributed by atoms with E-state index in [1.807, 2.05) is 18.2 Å². The van der Waals surface area contributed by atoms with E-state index >= 15 is 0 Å². The van der Waals surface area contributed by atoms with Crippen molar-refractivity contribution in [2.24, 2.45) is 10.7 Å². The highest BCUT2D eigenvalue weighted by atomic mass is 127. The largest absolute Gasteiger partial charge is 0.497 e. The van der Waals surface area contributed by atoms with Crippen molar-refractivity contribution >= 4 is 35.6 Å². The summed E-state index contributed by atoms with van der Waals surface area (Å²) in [6.07, 6.45) is -2.55. The number of aliphatic imine (C=N–C) groups is 1. The van der Waals surface area contributed by atoms with Crippen LogP contribution in [0.25, 0.3) is 0 Å². The molecule has 0 aliphatic carbocycles. The highest BCUT2D eigenvalue weighted by Gasteiger charge is 2.05. The predicted octanol–water partition coefficient (Wildman–Crippen LogP) is 3.28.